The largest absolute Gasteiger partial charge is 0.505 e. The molecule has 5 heteroatoms. The molecule has 1 atom stereocenters. The van der Waals surface area contributed by atoms with E-state index in [2.05, 4.69) is 26.1 Å². The lowest BCUT2D eigenvalue weighted by atomic mass is 10.0. The molecule has 1 aromatic carbocycles. The molecule has 94 valence electrons. The highest BCUT2D eigenvalue weighted by molar-refractivity contribution is 9.10. The van der Waals surface area contributed by atoms with Gasteiger partial charge in [-0.3, -0.25) is 4.90 Å². The SMILES string of the molecule is C[C@@H](c1c(Br)ccc(F)c1O)N1CCNCC1. The first kappa shape index (κ1) is 12.8. The summed E-state index contributed by atoms with van der Waals surface area (Å²) in [5.41, 5.74) is 0.631. The average Bonchev–Trinajstić information content (AvgIpc) is 2.35. The van der Waals surface area contributed by atoms with Crippen molar-refractivity contribution in [2.24, 2.45) is 0 Å². The van der Waals surface area contributed by atoms with Crippen LogP contribution in [0.5, 0.6) is 5.75 Å². The zero-order valence-corrected chi connectivity index (χ0v) is 11.3. The lowest BCUT2D eigenvalue weighted by Crippen LogP contribution is -2.44. The molecular formula is C12H16BrFN2O. The summed E-state index contributed by atoms with van der Waals surface area (Å²) in [6, 6.07) is 2.92. The quantitative estimate of drug-likeness (QED) is 0.880. The van der Waals surface area contributed by atoms with Crippen molar-refractivity contribution in [3.8, 4) is 5.75 Å². The van der Waals surface area contributed by atoms with E-state index in [4.69, 9.17) is 0 Å². The molecule has 1 heterocycles. The van der Waals surface area contributed by atoms with Gasteiger partial charge in [0.2, 0.25) is 0 Å². The Bertz CT molecular complexity index is 408. The second-order valence-electron chi connectivity index (χ2n) is 4.25. The van der Waals surface area contributed by atoms with Gasteiger partial charge in [-0.15, -0.1) is 0 Å². The second kappa shape index (κ2) is 5.33. The third-order valence-corrected chi connectivity index (χ3v) is 3.92. The Morgan fingerprint density at radius 3 is 2.71 bits per heavy atom. The number of phenols is 1. The van der Waals surface area contributed by atoms with Crippen LogP contribution in [0, 0.1) is 5.82 Å². The van der Waals surface area contributed by atoms with Crippen LogP contribution < -0.4 is 5.32 Å². The molecule has 1 aliphatic rings. The first-order valence-corrected chi connectivity index (χ1v) is 6.52. The minimum Gasteiger partial charge on any atom is -0.505 e. The van der Waals surface area contributed by atoms with Crippen molar-refractivity contribution in [3.05, 3.63) is 28.0 Å². The number of aromatic hydroxyl groups is 1. The van der Waals surface area contributed by atoms with Crippen molar-refractivity contribution < 1.29 is 9.50 Å². The van der Waals surface area contributed by atoms with Crippen molar-refractivity contribution in [3.63, 3.8) is 0 Å². The Labute approximate surface area is 109 Å². The minimum absolute atomic E-state index is 0.00201. The predicted molar refractivity (Wildman–Crippen MR) is 68.6 cm³/mol. The second-order valence-corrected chi connectivity index (χ2v) is 5.11. The molecule has 2 rings (SSSR count). The summed E-state index contributed by atoms with van der Waals surface area (Å²) in [6.45, 7) is 5.66. The lowest BCUT2D eigenvalue weighted by molar-refractivity contribution is 0.181. The van der Waals surface area contributed by atoms with E-state index in [1.165, 1.54) is 6.07 Å². The number of nitrogens with one attached hydrogen (secondary N) is 1. The maximum absolute atomic E-state index is 13.4. The molecule has 0 spiro atoms. The van der Waals surface area contributed by atoms with E-state index >= 15 is 0 Å². The number of halogens is 2. The molecule has 1 fully saturated rings. The molecule has 0 bridgehead atoms. The summed E-state index contributed by atoms with van der Waals surface area (Å²) < 4.78 is 14.1. The van der Waals surface area contributed by atoms with Gasteiger partial charge in [0.1, 0.15) is 0 Å². The Morgan fingerprint density at radius 1 is 1.41 bits per heavy atom. The number of nitrogens with zero attached hydrogens (tertiary/aromatic N) is 1. The van der Waals surface area contributed by atoms with Gasteiger partial charge in [-0.05, 0) is 19.1 Å². The van der Waals surface area contributed by atoms with Gasteiger partial charge in [-0.25, -0.2) is 4.39 Å². The summed E-state index contributed by atoms with van der Waals surface area (Å²) >= 11 is 3.38. The molecule has 2 N–H and O–H groups in total. The Kier molecular flexibility index (Phi) is 4.01. The van der Waals surface area contributed by atoms with Crippen molar-refractivity contribution >= 4 is 15.9 Å². The fourth-order valence-corrected chi connectivity index (χ4v) is 2.86. The normalized spacial score (nSPS) is 19.2. The topological polar surface area (TPSA) is 35.5 Å². The molecule has 1 aromatic rings. The first-order chi connectivity index (χ1) is 8.11. The van der Waals surface area contributed by atoms with Crippen LogP contribution in [0.15, 0.2) is 16.6 Å². The van der Waals surface area contributed by atoms with Gasteiger partial charge in [-0.1, -0.05) is 15.9 Å². The third-order valence-electron chi connectivity index (χ3n) is 3.23. The molecule has 0 aromatic heterocycles. The highest BCUT2D eigenvalue weighted by Gasteiger charge is 2.23. The average molecular weight is 303 g/mol. The molecule has 0 aliphatic carbocycles. The summed E-state index contributed by atoms with van der Waals surface area (Å²) in [5.74, 6) is -0.810. The number of benzene rings is 1. The van der Waals surface area contributed by atoms with Crippen molar-refractivity contribution in [1.82, 2.24) is 10.2 Å². The highest BCUT2D eigenvalue weighted by atomic mass is 79.9. The van der Waals surface area contributed by atoms with Crippen LogP contribution in [0.25, 0.3) is 0 Å². The van der Waals surface area contributed by atoms with Gasteiger partial charge in [0.15, 0.2) is 11.6 Å². The third kappa shape index (κ3) is 2.61. The summed E-state index contributed by atoms with van der Waals surface area (Å²) in [7, 11) is 0. The van der Waals surface area contributed by atoms with Gasteiger partial charge in [-0.2, -0.15) is 0 Å². The lowest BCUT2D eigenvalue weighted by Gasteiger charge is -2.33. The minimum atomic E-state index is -0.565. The van der Waals surface area contributed by atoms with E-state index in [-0.39, 0.29) is 11.8 Å². The molecule has 0 unspecified atom stereocenters. The van der Waals surface area contributed by atoms with E-state index < -0.39 is 5.82 Å². The van der Waals surface area contributed by atoms with Gasteiger partial charge < -0.3 is 10.4 Å². The molecule has 17 heavy (non-hydrogen) atoms. The number of rotatable bonds is 2. The fraction of sp³-hybridized carbons (Fsp3) is 0.500. The molecule has 0 saturated carbocycles. The van der Waals surface area contributed by atoms with Crippen LogP contribution in [0.4, 0.5) is 4.39 Å². The van der Waals surface area contributed by atoms with Gasteiger partial charge in [0.05, 0.1) is 0 Å². The monoisotopic (exact) mass is 302 g/mol. The smallest absolute Gasteiger partial charge is 0.165 e. The van der Waals surface area contributed by atoms with Crippen molar-refractivity contribution in [1.29, 1.82) is 0 Å². The van der Waals surface area contributed by atoms with Crippen LogP contribution in [-0.2, 0) is 0 Å². The van der Waals surface area contributed by atoms with Gasteiger partial charge in [0, 0.05) is 42.3 Å². The highest BCUT2D eigenvalue weighted by Crippen LogP contribution is 2.36. The van der Waals surface area contributed by atoms with Crippen LogP contribution in [-0.4, -0.2) is 36.2 Å². The molecule has 0 radical (unpaired) electrons. The standard InChI is InChI=1S/C12H16BrFN2O/c1-8(16-6-4-15-5-7-16)11-9(13)2-3-10(14)12(11)17/h2-3,8,15,17H,4-7H2,1H3/t8-/m0/s1. The maximum Gasteiger partial charge on any atom is 0.165 e. The number of hydrogen-bond donors (Lipinski definition) is 2. The molecule has 3 nitrogen and oxygen atoms in total. The van der Waals surface area contributed by atoms with Crippen LogP contribution in [0.3, 0.4) is 0 Å². The fourth-order valence-electron chi connectivity index (χ4n) is 2.21. The summed E-state index contributed by atoms with van der Waals surface area (Å²) in [6.07, 6.45) is 0. The molecule has 1 saturated heterocycles. The van der Waals surface area contributed by atoms with E-state index in [1.807, 2.05) is 6.92 Å². The van der Waals surface area contributed by atoms with Crippen molar-refractivity contribution in [2.75, 3.05) is 26.2 Å². The zero-order chi connectivity index (χ0) is 12.4. The summed E-state index contributed by atoms with van der Waals surface area (Å²) in [5, 5.41) is 13.1. The van der Waals surface area contributed by atoms with E-state index in [0.29, 0.717) is 5.56 Å². The molecule has 0 amide bonds. The number of phenolic OH excluding ortho intramolecular Hbond substituents is 1. The maximum atomic E-state index is 13.4. The van der Waals surface area contributed by atoms with E-state index in [9.17, 15) is 9.50 Å². The molecular weight excluding hydrogens is 287 g/mol. The number of hydrogen-bond acceptors (Lipinski definition) is 3. The van der Waals surface area contributed by atoms with E-state index in [0.717, 1.165) is 30.7 Å². The predicted octanol–water partition coefficient (Wildman–Crippen LogP) is 2.26. The van der Waals surface area contributed by atoms with Crippen LogP contribution in [0.1, 0.15) is 18.5 Å². The van der Waals surface area contributed by atoms with Crippen molar-refractivity contribution in [2.45, 2.75) is 13.0 Å². The summed E-state index contributed by atoms with van der Waals surface area (Å²) in [4.78, 5) is 2.23. The Balaban J connectivity index is 2.29. The Hall–Kier alpha value is -0.650. The van der Waals surface area contributed by atoms with Crippen LogP contribution in [0.2, 0.25) is 0 Å². The Morgan fingerprint density at radius 2 is 2.06 bits per heavy atom. The zero-order valence-electron chi connectivity index (χ0n) is 9.71. The number of piperazine rings is 1. The van der Waals surface area contributed by atoms with E-state index in [1.54, 1.807) is 6.07 Å². The van der Waals surface area contributed by atoms with Gasteiger partial charge >= 0.3 is 0 Å². The molecule has 1 aliphatic heterocycles. The van der Waals surface area contributed by atoms with Crippen LogP contribution >= 0.6 is 15.9 Å². The van der Waals surface area contributed by atoms with Gasteiger partial charge in [0.25, 0.3) is 0 Å². The first-order valence-electron chi connectivity index (χ1n) is 5.73.